The second kappa shape index (κ2) is 6.54. The maximum Gasteiger partial charge on any atom is 0.250 e. The van der Waals surface area contributed by atoms with Crippen LogP contribution in [0.15, 0.2) is 24.3 Å². The van der Waals surface area contributed by atoms with Gasteiger partial charge in [0, 0.05) is 17.8 Å². The van der Waals surface area contributed by atoms with E-state index in [1.165, 1.54) is 0 Å². The molecule has 0 radical (unpaired) electrons. The second-order valence-electron chi connectivity index (χ2n) is 4.79. The van der Waals surface area contributed by atoms with E-state index in [2.05, 4.69) is 5.32 Å². The fraction of sp³-hybridized carbons (Fsp3) is 0.500. The van der Waals surface area contributed by atoms with Crippen LogP contribution in [0.5, 0.6) is 5.75 Å². The van der Waals surface area contributed by atoms with Crippen LogP contribution in [-0.4, -0.2) is 31.8 Å². The topological polar surface area (TPSA) is 73.6 Å². The Morgan fingerprint density at radius 1 is 1.47 bits per heavy atom. The number of rotatable bonds is 5. The van der Waals surface area contributed by atoms with Crippen molar-refractivity contribution in [3.8, 4) is 5.75 Å². The van der Waals surface area contributed by atoms with Gasteiger partial charge in [0.05, 0.1) is 13.2 Å². The van der Waals surface area contributed by atoms with Gasteiger partial charge in [-0.15, -0.1) is 0 Å². The fourth-order valence-corrected chi connectivity index (χ4v) is 2.22. The van der Waals surface area contributed by atoms with Gasteiger partial charge < -0.3 is 20.5 Å². The zero-order valence-electron chi connectivity index (χ0n) is 11.1. The van der Waals surface area contributed by atoms with Gasteiger partial charge >= 0.3 is 0 Å². The van der Waals surface area contributed by atoms with E-state index >= 15 is 0 Å². The molecule has 0 bridgehead atoms. The van der Waals surface area contributed by atoms with E-state index in [1.54, 1.807) is 13.2 Å². The van der Waals surface area contributed by atoms with Crippen LogP contribution in [-0.2, 0) is 9.53 Å². The lowest BCUT2D eigenvalue weighted by Gasteiger charge is -2.12. The molecule has 1 fully saturated rings. The van der Waals surface area contributed by atoms with E-state index in [4.69, 9.17) is 15.2 Å². The van der Waals surface area contributed by atoms with Gasteiger partial charge in [0.1, 0.15) is 12.4 Å². The van der Waals surface area contributed by atoms with Crippen LogP contribution in [0.2, 0.25) is 0 Å². The van der Waals surface area contributed by atoms with Crippen molar-refractivity contribution in [2.24, 2.45) is 5.73 Å². The molecule has 0 aromatic heterocycles. The molecule has 0 saturated heterocycles. The Hall–Kier alpha value is -1.59. The minimum Gasteiger partial charge on any atom is -0.497 e. The van der Waals surface area contributed by atoms with Crippen LogP contribution in [0, 0.1) is 0 Å². The van der Waals surface area contributed by atoms with Gasteiger partial charge in [-0.1, -0.05) is 6.07 Å². The Morgan fingerprint density at radius 3 is 3.00 bits per heavy atom. The van der Waals surface area contributed by atoms with Crippen molar-refractivity contribution < 1.29 is 14.3 Å². The Bertz CT molecular complexity index is 436. The molecule has 1 saturated carbocycles. The Kier molecular flexibility index (Phi) is 4.76. The lowest BCUT2D eigenvalue weighted by Crippen LogP contribution is -2.23. The number of ether oxygens (including phenoxy) is 2. The Morgan fingerprint density at radius 2 is 2.32 bits per heavy atom. The first-order valence-electron chi connectivity index (χ1n) is 6.48. The first-order chi connectivity index (χ1) is 9.17. The molecule has 1 amide bonds. The summed E-state index contributed by atoms with van der Waals surface area (Å²) in [6.45, 7) is 0.0641. The summed E-state index contributed by atoms with van der Waals surface area (Å²) in [6, 6.07) is 7.44. The summed E-state index contributed by atoms with van der Waals surface area (Å²) in [6.07, 6.45) is 2.87. The summed E-state index contributed by atoms with van der Waals surface area (Å²) in [4.78, 5) is 11.7. The highest BCUT2D eigenvalue weighted by Gasteiger charge is 2.22. The Balaban J connectivity index is 1.77. The number of nitrogens with one attached hydrogen (secondary N) is 1. The van der Waals surface area contributed by atoms with Gasteiger partial charge in [-0.2, -0.15) is 0 Å². The lowest BCUT2D eigenvalue weighted by molar-refractivity contribution is -0.122. The van der Waals surface area contributed by atoms with Gasteiger partial charge in [-0.25, -0.2) is 0 Å². The number of nitrogens with two attached hydrogens (primary N) is 1. The number of methoxy groups -OCH3 is 1. The predicted molar refractivity (Wildman–Crippen MR) is 73.2 cm³/mol. The lowest BCUT2D eigenvalue weighted by atomic mass is 10.3. The zero-order chi connectivity index (χ0) is 13.7. The van der Waals surface area contributed by atoms with E-state index in [9.17, 15) is 4.79 Å². The molecule has 1 aliphatic carbocycles. The monoisotopic (exact) mass is 264 g/mol. The third-order valence-electron chi connectivity index (χ3n) is 3.23. The first-order valence-corrected chi connectivity index (χ1v) is 6.48. The zero-order valence-corrected chi connectivity index (χ0v) is 11.1. The molecule has 2 atom stereocenters. The molecule has 2 unspecified atom stereocenters. The molecule has 0 aliphatic heterocycles. The van der Waals surface area contributed by atoms with Gasteiger partial charge in [-0.3, -0.25) is 4.79 Å². The van der Waals surface area contributed by atoms with E-state index in [0.717, 1.165) is 19.3 Å². The van der Waals surface area contributed by atoms with Crippen molar-refractivity contribution in [3.63, 3.8) is 0 Å². The number of anilines is 1. The SMILES string of the molecule is COc1cccc(NC(=O)COC2CCC(N)C2)c1. The number of hydrogen-bond acceptors (Lipinski definition) is 4. The van der Waals surface area contributed by atoms with Crippen molar-refractivity contribution in [1.82, 2.24) is 0 Å². The van der Waals surface area contributed by atoms with E-state index in [1.807, 2.05) is 18.2 Å². The standard InChI is InChI=1S/C14H20N2O3/c1-18-12-4-2-3-11(8-12)16-14(17)9-19-13-6-5-10(15)7-13/h2-4,8,10,13H,5-7,9,15H2,1H3,(H,16,17). The molecular formula is C14H20N2O3. The van der Waals surface area contributed by atoms with Crippen LogP contribution >= 0.6 is 0 Å². The van der Waals surface area contributed by atoms with Crippen LogP contribution in [0.3, 0.4) is 0 Å². The van der Waals surface area contributed by atoms with Crippen molar-refractivity contribution in [2.45, 2.75) is 31.4 Å². The summed E-state index contributed by atoms with van der Waals surface area (Å²) >= 11 is 0. The molecular weight excluding hydrogens is 244 g/mol. The minimum atomic E-state index is -0.159. The van der Waals surface area contributed by atoms with Gasteiger partial charge in [0.15, 0.2) is 0 Å². The van der Waals surface area contributed by atoms with Crippen LogP contribution in [0.1, 0.15) is 19.3 Å². The van der Waals surface area contributed by atoms with Gasteiger partial charge in [-0.05, 0) is 31.4 Å². The quantitative estimate of drug-likeness (QED) is 0.846. The molecule has 5 nitrogen and oxygen atoms in total. The normalized spacial score (nSPS) is 22.2. The summed E-state index contributed by atoms with van der Waals surface area (Å²) in [5.74, 6) is 0.550. The molecule has 1 aromatic carbocycles. The number of amides is 1. The molecule has 0 spiro atoms. The van der Waals surface area contributed by atoms with Crippen LogP contribution in [0.4, 0.5) is 5.69 Å². The molecule has 19 heavy (non-hydrogen) atoms. The number of carbonyl (C=O) groups is 1. The van der Waals surface area contributed by atoms with E-state index in [0.29, 0.717) is 11.4 Å². The largest absolute Gasteiger partial charge is 0.497 e. The molecule has 2 rings (SSSR count). The number of hydrogen-bond donors (Lipinski definition) is 2. The summed E-state index contributed by atoms with van der Waals surface area (Å²) in [5.41, 5.74) is 6.50. The number of benzene rings is 1. The van der Waals surface area contributed by atoms with E-state index in [-0.39, 0.29) is 24.7 Å². The first kappa shape index (κ1) is 13.8. The third-order valence-corrected chi connectivity index (χ3v) is 3.23. The van der Waals surface area contributed by atoms with Crippen molar-refractivity contribution >= 4 is 11.6 Å². The highest BCUT2D eigenvalue weighted by molar-refractivity contribution is 5.91. The minimum absolute atomic E-state index is 0.0641. The average molecular weight is 264 g/mol. The average Bonchev–Trinajstić information content (AvgIpc) is 2.82. The second-order valence-corrected chi connectivity index (χ2v) is 4.79. The van der Waals surface area contributed by atoms with Gasteiger partial charge in [0.2, 0.25) is 5.91 Å². The van der Waals surface area contributed by atoms with Crippen molar-refractivity contribution in [1.29, 1.82) is 0 Å². The molecule has 1 aromatic rings. The highest BCUT2D eigenvalue weighted by Crippen LogP contribution is 2.20. The Labute approximate surface area is 113 Å². The summed E-state index contributed by atoms with van der Waals surface area (Å²) < 4.78 is 10.6. The maximum atomic E-state index is 11.7. The fourth-order valence-electron chi connectivity index (χ4n) is 2.22. The van der Waals surface area contributed by atoms with Gasteiger partial charge in [0.25, 0.3) is 0 Å². The molecule has 1 aliphatic rings. The van der Waals surface area contributed by atoms with Crippen LogP contribution in [0.25, 0.3) is 0 Å². The summed E-state index contributed by atoms with van der Waals surface area (Å²) in [5, 5.41) is 2.78. The predicted octanol–water partition coefficient (Wildman–Crippen LogP) is 1.53. The molecule has 5 heteroatoms. The molecule has 0 heterocycles. The third kappa shape index (κ3) is 4.22. The molecule has 3 N–H and O–H groups in total. The smallest absolute Gasteiger partial charge is 0.250 e. The van der Waals surface area contributed by atoms with Crippen LogP contribution < -0.4 is 15.8 Å². The summed E-state index contributed by atoms with van der Waals surface area (Å²) in [7, 11) is 1.59. The van der Waals surface area contributed by atoms with Crippen molar-refractivity contribution in [2.75, 3.05) is 19.0 Å². The van der Waals surface area contributed by atoms with Crippen molar-refractivity contribution in [3.05, 3.63) is 24.3 Å². The highest BCUT2D eigenvalue weighted by atomic mass is 16.5. The number of carbonyl (C=O) groups excluding carboxylic acids is 1. The molecule has 104 valence electrons. The van der Waals surface area contributed by atoms with E-state index < -0.39 is 0 Å². The maximum absolute atomic E-state index is 11.7.